The van der Waals surface area contributed by atoms with Crippen LogP contribution in [0.15, 0.2) is 59.9 Å². The summed E-state index contributed by atoms with van der Waals surface area (Å²) in [6.45, 7) is 5.15. The van der Waals surface area contributed by atoms with Crippen LogP contribution < -0.4 is 0 Å². The number of imidazole rings is 1. The molecular formula is C27H31F2N3O4S. The first-order valence-corrected chi connectivity index (χ1v) is 14.0. The van der Waals surface area contributed by atoms with Crippen LogP contribution in [0.2, 0.25) is 0 Å². The highest BCUT2D eigenvalue weighted by Gasteiger charge is 2.29. The number of rotatable bonds is 10. The summed E-state index contributed by atoms with van der Waals surface area (Å²) in [4.78, 5) is 19.1. The maximum Gasteiger partial charge on any atom is 0.257 e. The summed E-state index contributed by atoms with van der Waals surface area (Å²) in [7, 11) is -3.91. The van der Waals surface area contributed by atoms with Gasteiger partial charge in [-0.15, -0.1) is 0 Å². The van der Waals surface area contributed by atoms with Crippen molar-refractivity contribution in [1.29, 1.82) is 0 Å². The summed E-state index contributed by atoms with van der Waals surface area (Å²) in [5, 5.41) is -0.134. The van der Waals surface area contributed by atoms with Crippen LogP contribution in [0.1, 0.15) is 48.3 Å². The number of amides is 1. The molecule has 7 nitrogen and oxygen atoms in total. The third kappa shape index (κ3) is 6.61. The van der Waals surface area contributed by atoms with Gasteiger partial charge in [-0.2, -0.15) is 0 Å². The van der Waals surface area contributed by atoms with Crippen LogP contribution in [0.4, 0.5) is 8.78 Å². The zero-order valence-corrected chi connectivity index (χ0v) is 21.8. The molecule has 0 bridgehead atoms. The molecule has 4 rings (SSSR count). The zero-order valence-electron chi connectivity index (χ0n) is 20.9. The van der Waals surface area contributed by atoms with E-state index in [1.54, 1.807) is 10.6 Å². The summed E-state index contributed by atoms with van der Waals surface area (Å²) >= 11 is 0. The topological polar surface area (TPSA) is 81.5 Å². The molecule has 0 radical (unpaired) electrons. The van der Waals surface area contributed by atoms with Crippen molar-refractivity contribution in [3.8, 4) is 0 Å². The van der Waals surface area contributed by atoms with Crippen molar-refractivity contribution < 1.29 is 26.7 Å². The van der Waals surface area contributed by atoms with Crippen molar-refractivity contribution in [3.05, 3.63) is 83.2 Å². The van der Waals surface area contributed by atoms with Crippen molar-refractivity contribution in [2.24, 2.45) is 5.92 Å². The van der Waals surface area contributed by atoms with E-state index >= 15 is 0 Å². The molecule has 1 fully saturated rings. The number of nitrogens with zero attached hydrogens (tertiary/aromatic N) is 3. The summed E-state index contributed by atoms with van der Waals surface area (Å²) in [5.41, 5.74) is 0.904. The second-order valence-corrected chi connectivity index (χ2v) is 11.6. The average molecular weight is 532 g/mol. The van der Waals surface area contributed by atoms with Crippen LogP contribution in [0.5, 0.6) is 0 Å². The summed E-state index contributed by atoms with van der Waals surface area (Å²) < 4.78 is 61.9. The first kappa shape index (κ1) is 26.9. The minimum Gasteiger partial charge on any atom is -0.376 e. The van der Waals surface area contributed by atoms with Gasteiger partial charge in [0.05, 0.1) is 42.4 Å². The average Bonchev–Trinajstić information content (AvgIpc) is 3.50. The van der Waals surface area contributed by atoms with Gasteiger partial charge in [0.25, 0.3) is 5.91 Å². The first-order chi connectivity index (χ1) is 17.6. The fourth-order valence-corrected chi connectivity index (χ4v) is 5.98. The Morgan fingerprint density at radius 3 is 2.54 bits per heavy atom. The van der Waals surface area contributed by atoms with Crippen molar-refractivity contribution in [3.63, 3.8) is 0 Å². The Bertz CT molecular complexity index is 1330. The Morgan fingerprint density at radius 2 is 1.89 bits per heavy atom. The second-order valence-electron chi connectivity index (χ2n) is 9.72. The third-order valence-corrected chi connectivity index (χ3v) is 7.79. The highest BCUT2D eigenvalue weighted by molar-refractivity contribution is 7.90. The molecule has 1 atom stereocenters. The number of carbonyl (C=O) groups is 1. The fourth-order valence-electron chi connectivity index (χ4n) is 4.48. The van der Waals surface area contributed by atoms with Gasteiger partial charge in [0.2, 0.25) is 15.0 Å². The molecular weight excluding hydrogens is 500 g/mol. The van der Waals surface area contributed by atoms with Gasteiger partial charge in [0.15, 0.2) is 0 Å². The number of carbonyl (C=O) groups excluding carboxylic acids is 1. The van der Waals surface area contributed by atoms with Gasteiger partial charge < -0.3 is 14.2 Å². The standard InChI is InChI=1S/C27H31F2N3O4S/c1-19(2)15-31(26(33)24-7-3-4-8-25(24)29)16-22-14-30-27(32(22)17-23-6-5-13-36-23)37(34,35)18-20-9-11-21(28)12-10-20/h3-4,7-12,14,19,23H,5-6,13,15-18H2,1-2H3. The van der Waals surface area contributed by atoms with E-state index in [2.05, 4.69) is 4.98 Å². The smallest absolute Gasteiger partial charge is 0.257 e. The van der Waals surface area contributed by atoms with E-state index < -0.39 is 27.4 Å². The largest absolute Gasteiger partial charge is 0.376 e. The van der Waals surface area contributed by atoms with E-state index in [9.17, 15) is 22.0 Å². The first-order valence-electron chi connectivity index (χ1n) is 12.3. The number of aromatic nitrogens is 2. The van der Waals surface area contributed by atoms with E-state index in [1.165, 1.54) is 53.6 Å². The molecule has 198 valence electrons. The Labute approximate surface area is 216 Å². The summed E-state index contributed by atoms with van der Waals surface area (Å²) in [5.74, 6) is -1.80. The van der Waals surface area contributed by atoms with Crippen LogP contribution in [0, 0.1) is 17.6 Å². The number of halogens is 2. The van der Waals surface area contributed by atoms with E-state index in [-0.39, 0.29) is 41.6 Å². The zero-order chi connectivity index (χ0) is 26.6. The molecule has 1 saturated heterocycles. The lowest BCUT2D eigenvalue weighted by Gasteiger charge is -2.26. The fraction of sp³-hybridized carbons (Fsp3) is 0.407. The minimum atomic E-state index is -3.91. The number of sulfone groups is 1. The highest BCUT2D eigenvalue weighted by atomic mass is 32.2. The molecule has 2 aromatic carbocycles. The Hall–Kier alpha value is -3.11. The highest BCUT2D eigenvalue weighted by Crippen LogP contribution is 2.24. The summed E-state index contributed by atoms with van der Waals surface area (Å²) in [6.07, 6.45) is 2.92. The van der Waals surface area contributed by atoms with E-state index in [0.717, 1.165) is 12.8 Å². The van der Waals surface area contributed by atoms with E-state index in [0.29, 0.717) is 24.4 Å². The molecule has 0 spiro atoms. The van der Waals surface area contributed by atoms with Crippen LogP contribution in [-0.2, 0) is 33.4 Å². The van der Waals surface area contributed by atoms with Crippen molar-refractivity contribution in [2.45, 2.75) is 56.8 Å². The number of hydrogen-bond acceptors (Lipinski definition) is 5. The minimum absolute atomic E-state index is 0.0440. The maximum atomic E-state index is 14.4. The normalized spacial score (nSPS) is 15.9. The molecule has 3 aromatic rings. The van der Waals surface area contributed by atoms with Gasteiger partial charge in [-0.05, 0) is 48.6 Å². The van der Waals surface area contributed by atoms with Crippen LogP contribution in [-0.4, -0.2) is 48.0 Å². The van der Waals surface area contributed by atoms with Gasteiger partial charge in [-0.1, -0.05) is 38.1 Å². The lowest BCUT2D eigenvalue weighted by atomic mass is 10.1. The molecule has 0 N–H and O–H groups in total. The van der Waals surface area contributed by atoms with E-state index in [1.807, 2.05) is 13.8 Å². The quantitative estimate of drug-likeness (QED) is 0.382. The predicted octanol–water partition coefficient (Wildman–Crippen LogP) is 4.61. The predicted molar refractivity (Wildman–Crippen MR) is 134 cm³/mol. The number of ether oxygens (including phenoxy) is 1. The van der Waals surface area contributed by atoms with Gasteiger partial charge in [0, 0.05) is 13.2 Å². The van der Waals surface area contributed by atoms with Gasteiger partial charge in [0.1, 0.15) is 11.6 Å². The summed E-state index contributed by atoms with van der Waals surface area (Å²) in [6, 6.07) is 11.1. The van der Waals surface area contributed by atoms with Gasteiger partial charge in [-0.25, -0.2) is 22.2 Å². The molecule has 37 heavy (non-hydrogen) atoms. The van der Waals surface area contributed by atoms with Crippen molar-refractivity contribution in [2.75, 3.05) is 13.2 Å². The van der Waals surface area contributed by atoms with Crippen molar-refractivity contribution in [1.82, 2.24) is 14.5 Å². The van der Waals surface area contributed by atoms with Crippen LogP contribution in [0.25, 0.3) is 0 Å². The number of hydrogen-bond donors (Lipinski definition) is 0. The lowest BCUT2D eigenvalue weighted by molar-refractivity contribution is 0.0706. The number of benzene rings is 2. The molecule has 0 aliphatic carbocycles. The molecule has 10 heteroatoms. The lowest BCUT2D eigenvalue weighted by Crippen LogP contribution is -2.35. The molecule has 1 aromatic heterocycles. The second kappa shape index (κ2) is 11.5. The Kier molecular flexibility index (Phi) is 8.39. The Balaban J connectivity index is 1.68. The van der Waals surface area contributed by atoms with Crippen LogP contribution >= 0.6 is 0 Å². The monoisotopic (exact) mass is 531 g/mol. The van der Waals surface area contributed by atoms with Gasteiger partial charge >= 0.3 is 0 Å². The van der Waals surface area contributed by atoms with Crippen molar-refractivity contribution >= 4 is 15.7 Å². The Morgan fingerprint density at radius 1 is 1.16 bits per heavy atom. The molecule has 2 heterocycles. The molecule has 1 aliphatic rings. The molecule has 1 unspecified atom stereocenters. The molecule has 1 aliphatic heterocycles. The molecule has 0 saturated carbocycles. The molecule has 1 amide bonds. The van der Waals surface area contributed by atoms with E-state index in [4.69, 9.17) is 4.74 Å². The third-order valence-electron chi connectivity index (χ3n) is 6.19. The van der Waals surface area contributed by atoms with Gasteiger partial charge in [-0.3, -0.25) is 4.79 Å². The maximum absolute atomic E-state index is 14.4. The van der Waals surface area contributed by atoms with Crippen LogP contribution in [0.3, 0.4) is 0 Å². The SMILES string of the molecule is CC(C)CN(Cc1cnc(S(=O)(=O)Cc2ccc(F)cc2)n1CC1CCCO1)C(=O)c1ccccc1F.